The molecule has 7 N–H and O–H groups in total. The number of fused-ring (bicyclic) bond motifs is 1. The van der Waals surface area contributed by atoms with Crippen LogP contribution in [0.15, 0.2) is 66.7 Å². The molecule has 48 heavy (non-hydrogen) atoms. The number of para-hydroxylation sites is 1. The molecule has 0 saturated carbocycles. The number of carbonyl (C=O) groups is 3. The Balaban J connectivity index is 1.56. The quantitative estimate of drug-likeness (QED) is 0.164. The largest absolute Gasteiger partial charge is 0.416 e. The zero-order chi connectivity index (χ0) is 35.1. The average Bonchev–Trinajstić information content (AvgIpc) is 3.18. The first-order chi connectivity index (χ1) is 22.7. The van der Waals surface area contributed by atoms with Crippen LogP contribution in [0.3, 0.4) is 0 Å². The van der Waals surface area contributed by atoms with Gasteiger partial charge in [0, 0.05) is 36.9 Å². The topological polar surface area (TPSA) is 155 Å². The monoisotopic (exact) mass is 670 g/mol. The van der Waals surface area contributed by atoms with Gasteiger partial charge in [0.25, 0.3) is 0 Å². The molecule has 0 radical (unpaired) electrons. The third kappa shape index (κ3) is 9.46. The molecule has 0 unspecified atom stereocenters. The number of aliphatic hydroxyl groups is 2. The molecule has 0 aromatic heterocycles. The van der Waals surface area contributed by atoms with E-state index in [4.69, 9.17) is 5.11 Å². The van der Waals surface area contributed by atoms with Gasteiger partial charge in [0.2, 0.25) is 5.91 Å². The van der Waals surface area contributed by atoms with Gasteiger partial charge >= 0.3 is 18.2 Å². The van der Waals surface area contributed by atoms with Crippen molar-refractivity contribution in [3.8, 4) is 11.1 Å². The van der Waals surface area contributed by atoms with Gasteiger partial charge in [0.1, 0.15) is 6.04 Å². The Morgan fingerprint density at radius 2 is 1.73 bits per heavy atom. The van der Waals surface area contributed by atoms with Crippen molar-refractivity contribution in [1.29, 1.82) is 0 Å². The molecule has 3 aromatic rings. The van der Waals surface area contributed by atoms with Crippen molar-refractivity contribution < 1.29 is 37.8 Å². The van der Waals surface area contributed by atoms with Crippen LogP contribution >= 0.6 is 0 Å². The van der Waals surface area contributed by atoms with E-state index in [-0.39, 0.29) is 38.5 Å². The second-order valence-electron chi connectivity index (χ2n) is 12.2. The maximum atomic E-state index is 14.0. The lowest BCUT2D eigenvalue weighted by molar-refractivity contribution is -0.137. The second kappa shape index (κ2) is 15.5. The number of rotatable bonds is 11. The summed E-state index contributed by atoms with van der Waals surface area (Å²) in [4.78, 5) is 40.2. The minimum atomic E-state index is -4.57. The van der Waals surface area contributed by atoms with Crippen LogP contribution in [0.1, 0.15) is 37.0 Å². The van der Waals surface area contributed by atoms with Crippen LogP contribution in [0.2, 0.25) is 0 Å². The first-order valence-corrected chi connectivity index (χ1v) is 15.5. The van der Waals surface area contributed by atoms with E-state index < -0.39 is 48.0 Å². The smallest absolute Gasteiger partial charge is 0.394 e. The van der Waals surface area contributed by atoms with Gasteiger partial charge in [-0.15, -0.1) is 0 Å². The molecule has 11 nitrogen and oxygen atoms in total. The number of nitrogens with zero attached hydrogens (tertiary/aromatic N) is 1. The Bertz CT molecular complexity index is 1600. The summed E-state index contributed by atoms with van der Waals surface area (Å²) in [6.45, 7) is 3.39. The van der Waals surface area contributed by atoms with Crippen molar-refractivity contribution in [2.24, 2.45) is 0 Å². The molecule has 2 atom stereocenters. The van der Waals surface area contributed by atoms with Crippen molar-refractivity contribution in [2.45, 2.75) is 57.1 Å². The molecule has 0 saturated heterocycles. The first kappa shape index (κ1) is 36.2. The molecule has 0 aliphatic carbocycles. The minimum absolute atomic E-state index is 0.0273. The fraction of sp³-hybridized carbons (Fsp3) is 0.382. The number of nitrogens with one attached hydrogen (secondary N) is 5. The minimum Gasteiger partial charge on any atom is -0.394 e. The predicted molar refractivity (Wildman–Crippen MR) is 176 cm³/mol. The number of aliphatic hydroxyl groups excluding tert-OH is 2. The highest BCUT2D eigenvalue weighted by molar-refractivity contribution is 6.00. The number of halogens is 3. The lowest BCUT2D eigenvalue weighted by atomic mass is 10.0. The molecule has 0 fully saturated rings. The molecule has 0 spiro atoms. The Morgan fingerprint density at radius 3 is 2.40 bits per heavy atom. The van der Waals surface area contributed by atoms with Gasteiger partial charge in [0.05, 0.1) is 30.5 Å². The van der Waals surface area contributed by atoms with E-state index in [1.807, 2.05) is 24.3 Å². The molecular formula is C34H41F3N6O5. The Hall–Kier alpha value is -4.66. The highest BCUT2D eigenvalue weighted by atomic mass is 19.4. The van der Waals surface area contributed by atoms with Crippen LogP contribution in [0.5, 0.6) is 0 Å². The van der Waals surface area contributed by atoms with E-state index in [1.165, 1.54) is 18.0 Å². The third-order valence-electron chi connectivity index (χ3n) is 8.00. The Kier molecular flexibility index (Phi) is 11.7. The number of carbonyl (C=O) groups excluding carboxylic acids is 3. The second-order valence-corrected chi connectivity index (χ2v) is 12.2. The van der Waals surface area contributed by atoms with Crippen molar-refractivity contribution in [3.05, 3.63) is 83.4 Å². The average molecular weight is 671 g/mol. The van der Waals surface area contributed by atoms with Gasteiger partial charge in [-0.1, -0.05) is 42.5 Å². The number of hydrogen-bond donors (Lipinski definition) is 7. The summed E-state index contributed by atoms with van der Waals surface area (Å²) in [6, 6.07) is 15.7. The number of urea groups is 2. The van der Waals surface area contributed by atoms with Crippen LogP contribution in [-0.2, 0) is 23.9 Å². The van der Waals surface area contributed by atoms with Gasteiger partial charge < -0.3 is 41.7 Å². The zero-order valence-electron chi connectivity index (χ0n) is 26.9. The predicted octanol–water partition coefficient (Wildman–Crippen LogP) is 3.99. The highest BCUT2D eigenvalue weighted by Gasteiger charge is 2.35. The Labute approximate surface area is 276 Å². The molecule has 1 aliphatic rings. The SMILES string of the molecule is CNC(=O)Nc1ccccc1-c1ccc(CN2C(=O)[C@H](NC(=O)NCC(C)(C)NC[C@H](O)CO)CCc3cc(C(F)(F)F)ccc32)cc1. The van der Waals surface area contributed by atoms with Crippen molar-refractivity contribution in [2.75, 3.05) is 37.0 Å². The summed E-state index contributed by atoms with van der Waals surface area (Å²) in [7, 11) is 1.51. The van der Waals surface area contributed by atoms with E-state index in [9.17, 15) is 32.7 Å². The number of hydrogen-bond acceptors (Lipinski definition) is 6. The third-order valence-corrected chi connectivity index (χ3v) is 8.00. The van der Waals surface area contributed by atoms with Crippen LogP contribution in [0.4, 0.5) is 34.1 Å². The first-order valence-electron chi connectivity index (χ1n) is 15.5. The van der Waals surface area contributed by atoms with Crippen molar-refractivity contribution in [3.63, 3.8) is 0 Å². The van der Waals surface area contributed by atoms with Crippen molar-refractivity contribution in [1.82, 2.24) is 21.3 Å². The summed E-state index contributed by atoms with van der Waals surface area (Å²) in [5, 5.41) is 32.4. The summed E-state index contributed by atoms with van der Waals surface area (Å²) in [5.74, 6) is -0.476. The van der Waals surface area contributed by atoms with Crippen LogP contribution < -0.4 is 31.5 Å². The maximum Gasteiger partial charge on any atom is 0.416 e. The molecule has 3 aromatic carbocycles. The molecule has 258 valence electrons. The van der Waals surface area contributed by atoms with E-state index in [0.29, 0.717) is 22.5 Å². The number of anilines is 2. The summed E-state index contributed by atoms with van der Waals surface area (Å²) < 4.78 is 40.9. The van der Waals surface area contributed by atoms with Gasteiger partial charge in [-0.05, 0) is 67.6 Å². The summed E-state index contributed by atoms with van der Waals surface area (Å²) in [6.07, 6.45) is -5.34. The van der Waals surface area contributed by atoms with Gasteiger partial charge in [-0.2, -0.15) is 13.2 Å². The maximum absolute atomic E-state index is 14.0. The fourth-order valence-corrected chi connectivity index (χ4v) is 5.29. The molecule has 0 bridgehead atoms. The summed E-state index contributed by atoms with van der Waals surface area (Å²) >= 11 is 0. The number of amides is 5. The van der Waals surface area contributed by atoms with E-state index in [2.05, 4.69) is 26.6 Å². The van der Waals surface area contributed by atoms with Gasteiger partial charge in [-0.25, -0.2) is 9.59 Å². The van der Waals surface area contributed by atoms with Gasteiger partial charge in [-0.3, -0.25) is 4.79 Å². The standard InChI is InChI=1S/C34H41F3N6O5/c1-33(2,40-17-25(45)19-44)20-39-32(48)42-28-14-12-23-16-24(34(35,36)37)13-15-29(23)43(30(28)46)18-21-8-10-22(11-9-21)26-6-4-5-7-27(26)41-31(47)38-3/h4-11,13,15-16,25,28,40,44-45H,12,14,17-20H2,1-3H3,(H2,38,41,47)(H2,39,42,48)/t25-,28+/m0/s1. The zero-order valence-corrected chi connectivity index (χ0v) is 26.9. The normalized spacial score (nSPS) is 15.6. The van der Waals surface area contributed by atoms with Crippen molar-refractivity contribution >= 4 is 29.3 Å². The van der Waals surface area contributed by atoms with Crippen LogP contribution in [0.25, 0.3) is 11.1 Å². The molecule has 14 heteroatoms. The fourth-order valence-electron chi connectivity index (χ4n) is 5.29. The molecule has 1 heterocycles. The summed E-state index contributed by atoms with van der Waals surface area (Å²) in [5.41, 5.74) is 2.02. The Morgan fingerprint density at radius 1 is 1.02 bits per heavy atom. The lowest BCUT2D eigenvalue weighted by Gasteiger charge is -2.29. The lowest BCUT2D eigenvalue weighted by Crippen LogP contribution is -2.55. The molecule has 4 rings (SSSR count). The number of aryl methyl sites for hydroxylation is 1. The van der Waals surface area contributed by atoms with E-state index >= 15 is 0 Å². The number of alkyl halides is 3. The van der Waals surface area contributed by atoms with Crippen LogP contribution in [-0.4, -0.2) is 72.6 Å². The number of benzene rings is 3. The van der Waals surface area contributed by atoms with E-state index in [0.717, 1.165) is 23.3 Å². The highest BCUT2D eigenvalue weighted by Crippen LogP contribution is 2.36. The van der Waals surface area contributed by atoms with Crippen LogP contribution in [0, 0.1) is 0 Å². The van der Waals surface area contributed by atoms with E-state index in [1.54, 1.807) is 38.1 Å². The molecular weight excluding hydrogens is 629 g/mol. The van der Waals surface area contributed by atoms with Gasteiger partial charge in [0.15, 0.2) is 0 Å². The molecule has 1 aliphatic heterocycles. The number of β-amino-alcohol motifs (C(OH)–C–C–N with tert-alkyl or cyclic N) is 1. The molecule has 5 amide bonds.